The van der Waals surface area contributed by atoms with E-state index in [1.807, 2.05) is 12.1 Å². The minimum absolute atomic E-state index is 0. The predicted octanol–water partition coefficient (Wildman–Crippen LogP) is 31.6. The van der Waals surface area contributed by atoms with Crippen LogP contribution in [0.1, 0.15) is 383 Å². The molecule has 9 aromatic rings. The van der Waals surface area contributed by atoms with Gasteiger partial charge in [-0.25, -0.2) is 9.97 Å². The molecule has 2 aliphatic heterocycles. The van der Waals surface area contributed by atoms with Crippen molar-refractivity contribution in [1.29, 1.82) is 0 Å². The molecule has 11 rings (SSSR count). The molecule has 0 amide bonds. The van der Waals surface area contributed by atoms with E-state index >= 15 is 0 Å². The average Bonchev–Trinajstić information content (AvgIpc) is 1.58. The molecular formula is C106H148N8O2Zn. The molecule has 0 fully saturated rings. The van der Waals surface area contributed by atoms with Crippen LogP contribution in [0.25, 0.3) is 112 Å². The number of ether oxygens (including phenoxy) is 2. The summed E-state index contributed by atoms with van der Waals surface area (Å²) < 4.78 is 12.1. The zero-order chi connectivity index (χ0) is 80.7. The number of benzene rings is 6. The van der Waals surface area contributed by atoms with Crippen LogP contribution in [0.2, 0.25) is 0 Å². The van der Waals surface area contributed by atoms with Crippen molar-refractivity contribution in [3.8, 4) is 79.3 Å². The zero-order valence-corrected chi connectivity index (χ0v) is 77.5. The van der Waals surface area contributed by atoms with Crippen molar-refractivity contribution in [2.75, 3.05) is 14.2 Å². The minimum Gasteiger partial charge on any atom is -0.497 e. The van der Waals surface area contributed by atoms with Gasteiger partial charge in [-0.1, -0.05) is 384 Å². The maximum Gasteiger partial charge on any atom is 2.00 e. The molecule has 0 N–H and O–H groups in total. The SMILES string of the molecule is CCCCCCCCCCc1ccc(CCCCCCCCCC)c2c1-c1nc-2nc2[n-]c(nc3nc(nc4[n-]c(n1)c1c(CCCCCCCCCC)ccc(CCCCCCCCCC)c41)-c1c(CCCCCCCCCC)ccc(CCCCCCCCCC)c1-3)c1c(-c3cccc(OC)c3)ccc(-c3cccc(OC)c3)c21.[Zn+2]. The van der Waals surface area contributed by atoms with Gasteiger partial charge in [-0.2, -0.15) is 0 Å². The maximum absolute atomic E-state index is 6.13. The number of hydrogen-bond donors (Lipinski definition) is 0. The number of fused-ring (bicyclic) bond motifs is 20. The molecule has 0 spiro atoms. The summed E-state index contributed by atoms with van der Waals surface area (Å²) in [7, 11) is 3.52. The fourth-order valence-electron chi connectivity index (χ4n) is 18.6. The Bertz CT molecular complexity index is 4340. The summed E-state index contributed by atoms with van der Waals surface area (Å²) in [6.07, 6.45) is 65.6. The summed E-state index contributed by atoms with van der Waals surface area (Å²) in [4.78, 5) is 48.3. The van der Waals surface area contributed by atoms with Gasteiger partial charge in [0, 0.05) is 55.6 Å². The molecule has 10 nitrogen and oxygen atoms in total. The molecule has 2 aliphatic rings. The Morgan fingerprint density at radius 3 is 0.684 bits per heavy atom. The van der Waals surface area contributed by atoms with Crippen LogP contribution in [0.15, 0.2) is 97.1 Å². The molecule has 11 heteroatoms. The van der Waals surface area contributed by atoms with Crippen molar-refractivity contribution in [1.82, 2.24) is 39.9 Å². The summed E-state index contributed by atoms with van der Waals surface area (Å²) in [6, 6.07) is 36.2. The molecule has 8 bridgehead atoms. The van der Waals surface area contributed by atoms with Crippen LogP contribution in [0.3, 0.4) is 0 Å². The Morgan fingerprint density at radius 1 is 0.231 bits per heavy atom. The van der Waals surface area contributed by atoms with Crippen LogP contribution in [-0.2, 0) is 58.0 Å². The third-order valence-electron chi connectivity index (χ3n) is 25.4. The van der Waals surface area contributed by atoms with E-state index in [4.69, 9.17) is 49.3 Å². The Balaban J connectivity index is 0.0000144. The van der Waals surface area contributed by atoms with Crippen LogP contribution < -0.4 is 19.4 Å². The van der Waals surface area contributed by atoms with Crippen LogP contribution in [0.4, 0.5) is 0 Å². The molecule has 0 aliphatic carbocycles. The largest absolute Gasteiger partial charge is 2.00 e. The molecule has 0 atom stereocenters. The van der Waals surface area contributed by atoms with E-state index in [2.05, 4.69) is 126 Å². The molecule has 6 aromatic carbocycles. The summed E-state index contributed by atoms with van der Waals surface area (Å²) in [5, 5.41) is 4.07. The van der Waals surface area contributed by atoms with Crippen LogP contribution >= 0.6 is 0 Å². The Morgan fingerprint density at radius 2 is 0.444 bits per heavy atom. The zero-order valence-electron chi connectivity index (χ0n) is 74.5. The Hall–Kier alpha value is -7.10. The van der Waals surface area contributed by atoms with E-state index in [1.165, 1.54) is 303 Å². The fourth-order valence-corrected chi connectivity index (χ4v) is 18.6. The smallest absolute Gasteiger partial charge is 0.497 e. The van der Waals surface area contributed by atoms with Gasteiger partial charge in [0.2, 0.25) is 0 Å². The number of unbranched alkanes of at least 4 members (excludes halogenated alkanes) is 42. The molecule has 0 saturated carbocycles. The normalized spacial score (nSPS) is 11.8. The van der Waals surface area contributed by atoms with E-state index in [1.54, 1.807) is 14.2 Å². The summed E-state index contributed by atoms with van der Waals surface area (Å²) in [5.74, 6) is 4.25. The monoisotopic (exact) mass is 1630 g/mol. The Kier molecular flexibility index (Phi) is 40.6. The van der Waals surface area contributed by atoms with Gasteiger partial charge < -0.3 is 39.4 Å². The number of aryl methyl sites for hydroxylation is 6. The van der Waals surface area contributed by atoms with Crippen LogP contribution in [0.5, 0.6) is 11.5 Å². The third-order valence-corrected chi connectivity index (χ3v) is 25.4. The van der Waals surface area contributed by atoms with Crippen molar-refractivity contribution in [3.63, 3.8) is 0 Å². The quantitative estimate of drug-likeness (QED) is 0.0269. The van der Waals surface area contributed by atoms with Crippen molar-refractivity contribution in [2.45, 2.75) is 388 Å². The summed E-state index contributed by atoms with van der Waals surface area (Å²) in [6.45, 7) is 13.9. The topological polar surface area (TPSA) is 124 Å². The molecule has 5 heterocycles. The fraction of sp³-hybridized carbons (Fsp3) is 0.585. The number of nitrogens with zero attached hydrogens (tertiary/aromatic N) is 8. The second-order valence-electron chi connectivity index (χ2n) is 34.6. The van der Waals surface area contributed by atoms with Crippen molar-refractivity contribution in [2.24, 2.45) is 0 Å². The molecule has 0 radical (unpaired) electrons. The van der Waals surface area contributed by atoms with E-state index in [9.17, 15) is 0 Å². The number of aromatic nitrogens is 8. The van der Waals surface area contributed by atoms with Gasteiger partial charge in [0.05, 0.1) is 37.5 Å². The van der Waals surface area contributed by atoms with Gasteiger partial charge in [-0.15, -0.1) is 0 Å². The van der Waals surface area contributed by atoms with Gasteiger partial charge in [0.25, 0.3) is 0 Å². The van der Waals surface area contributed by atoms with Crippen LogP contribution in [0, 0.1) is 0 Å². The first-order valence-electron chi connectivity index (χ1n) is 48.0. The summed E-state index contributed by atoms with van der Waals surface area (Å²) >= 11 is 0. The van der Waals surface area contributed by atoms with E-state index < -0.39 is 0 Å². The minimum atomic E-state index is 0. The van der Waals surface area contributed by atoms with Crippen LogP contribution in [-0.4, -0.2) is 44.1 Å². The van der Waals surface area contributed by atoms with E-state index in [-0.39, 0.29) is 19.5 Å². The molecule has 0 saturated heterocycles. The van der Waals surface area contributed by atoms with Crippen molar-refractivity contribution < 1.29 is 29.0 Å². The second-order valence-corrected chi connectivity index (χ2v) is 34.6. The predicted molar refractivity (Wildman–Crippen MR) is 496 cm³/mol. The average molecular weight is 1630 g/mol. The van der Waals surface area contributed by atoms with Crippen molar-refractivity contribution in [3.05, 3.63) is 130 Å². The van der Waals surface area contributed by atoms with Gasteiger partial charge in [-0.05, 0) is 168 Å². The van der Waals surface area contributed by atoms with E-state index in [0.717, 1.165) is 155 Å². The maximum atomic E-state index is 6.13. The first kappa shape index (κ1) is 92.2. The molecule has 0 unspecified atom stereocenters. The Labute approximate surface area is 720 Å². The first-order chi connectivity index (χ1) is 57.3. The first-order valence-corrected chi connectivity index (χ1v) is 48.0. The van der Waals surface area contributed by atoms with Gasteiger partial charge >= 0.3 is 19.5 Å². The van der Waals surface area contributed by atoms with Crippen molar-refractivity contribution >= 4 is 44.1 Å². The van der Waals surface area contributed by atoms with Gasteiger partial charge in [-0.3, -0.25) is 0 Å². The molecule has 3 aromatic heterocycles. The van der Waals surface area contributed by atoms with E-state index in [0.29, 0.717) is 45.9 Å². The summed E-state index contributed by atoms with van der Waals surface area (Å²) in [5.41, 5.74) is 18.6. The second kappa shape index (κ2) is 51.5. The molecular weight excluding hydrogens is 1480 g/mol. The number of hydrogen-bond acceptors (Lipinski definition) is 8. The van der Waals surface area contributed by atoms with Gasteiger partial charge in [0.15, 0.2) is 0 Å². The standard InChI is InChI=1S/C106H148N8O2.Zn/c1-9-15-21-27-33-39-45-51-59-79-69-70-80(60-52-46-40-34-28-22-16-10-2)92-91(79)99-107-100(92)109-102-94-82(62-54-48-42-36-30-24-18-12-4)72-74-84(64-56-50-44-38-32-26-20-14-6)96(94)104(111-102)113-106-98-90(86-66-58-68-88(78-86)116-8)76-75-89(85-65-57-67-87(77-85)115-7)97(98)105(114-106)112-103-95-83(63-55-49-43-37-31-25-19-13-5)73-71-81(93(95)101(108-99)110-103)61-53-47-41-35-29-23-17-11-3;/h57-58,65-78H,9-56,59-64H2,1-8H3;/q-2;+2. The van der Waals surface area contributed by atoms with Gasteiger partial charge in [0.1, 0.15) is 11.5 Å². The number of rotatable bonds is 58. The third kappa shape index (κ3) is 26.5. The molecule has 117 heavy (non-hydrogen) atoms. The molecule has 626 valence electrons. The number of methoxy groups -OCH3 is 2.